The molecule has 7 heteroatoms. The van der Waals surface area contributed by atoms with Crippen molar-refractivity contribution in [1.29, 1.82) is 0 Å². The number of nitrogens with one attached hydrogen (secondary N) is 1. The van der Waals surface area contributed by atoms with Gasteiger partial charge in [0.15, 0.2) is 0 Å². The van der Waals surface area contributed by atoms with E-state index in [9.17, 15) is 4.79 Å². The van der Waals surface area contributed by atoms with Crippen molar-refractivity contribution in [1.82, 2.24) is 15.3 Å². The van der Waals surface area contributed by atoms with E-state index >= 15 is 0 Å². The lowest BCUT2D eigenvalue weighted by Gasteiger charge is -2.07. The summed E-state index contributed by atoms with van der Waals surface area (Å²) in [6, 6.07) is 0. The maximum absolute atomic E-state index is 10.9. The number of hydrogen-bond donors (Lipinski definition) is 2. The molecule has 0 amide bonds. The molecule has 112 valence electrons. The first-order valence-electron chi connectivity index (χ1n) is 6.55. The molecule has 1 aromatic rings. The van der Waals surface area contributed by atoms with Crippen LogP contribution in [0.1, 0.15) is 28.9 Å². The van der Waals surface area contributed by atoms with Crippen molar-refractivity contribution in [2.45, 2.75) is 19.4 Å². The number of ether oxygens (including phenoxy) is 2. The standard InChI is InChI=1S/C13H21N3O4/c1-19-6-7-20-5-3-2-4-14-9-12-11(13(17)18)8-15-10-16-12/h8,10,14H,2-7,9H2,1H3,(H,17,18). The molecule has 0 atom stereocenters. The molecular formula is C13H21N3O4. The number of rotatable bonds is 11. The van der Waals surface area contributed by atoms with E-state index < -0.39 is 5.97 Å². The molecule has 1 heterocycles. The van der Waals surface area contributed by atoms with Gasteiger partial charge in [-0.05, 0) is 19.4 Å². The lowest BCUT2D eigenvalue weighted by atomic mass is 10.2. The number of aromatic carboxylic acids is 1. The van der Waals surface area contributed by atoms with Gasteiger partial charge in [0.2, 0.25) is 0 Å². The molecule has 0 fully saturated rings. The Morgan fingerprint density at radius 2 is 2.20 bits per heavy atom. The van der Waals surface area contributed by atoms with E-state index in [1.807, 2.05) is 0 Å². The average Bonchev–Trinajstić information content (AvgIpc) is 2.46. The summed E-state index contributed by atoms with van der Waals surface area (Å²) in [4.78, 5) is 18.6. The monoisotopic (exact) mass is 283 g/mol. The summed E-state index contributed by atoms with van der Waals surface area (Å²) < 4.78 is 10.2. The van der Waals surface area contributed by atoms with E-state index in [0.29, 0.717) is 32.1 Å². The second-order valence-electron chi connectivity index (χ2n) is 4.18. The van der Waals surface area contributed by atoms with E-state index in [-0.39, 0.29) is 5.56 Å². The van der Waals surface area contributed by atoms with Gasteiger partial charge in [0.25, 0.3) is 0 Å². The largest absolute Gasteiger partial charge is 0.478 e. The topological polar surface area (TPSA) is 93.6 Å². The van der Waals surface area contributed by atoms with Crippen molar-refractivity contribution in [3.8, 4) is 0 Å². The average molecular weight is 283 g/mol. The molecule has 0 unspecified atom stereocenters. The molecule has 0 aliphatic carbocycles. The van der Waals surface area contributed by atoms with Gasteiger partial charge in [-0.15, -0.1) is 0 Å². The minimum absolute atomic E-state index is 0.142. The van der Waals surface area contributed by atoms with Crippen LogP contribution in [0.3, 0.4) is 0 Å². The maximum atomic E-state index is 10.9. The van der Waals surface area contributed by atoms with Crippen molar-refractivity contribution >= 4 is 5.97 Å². The normalized spacial score (nSPS) is 10.7. The summed E-state index contributed by atoms with van der Waals surface area (Å²) in [6.07, 6.45) is 4.58. The highest BCUT2D eigenvalue weighted by Crippen LogP contribution is 2.03. The number of carbonyl (C=O) groups is 1. The Bertz CT molecular complexity index is 401. The number of hydrogen-bond acceptors (Lipinski definition) is 6. The Hall–Kier alpha value is -1.57. The molecule has 0 saturated heterocycles. The molecule has 1 aromatic heterocycles. The zero-order chi connectivity index (χ0) is 14.6. The molecule has 7 nitrogen and oxygen atoms in total. The number of methoxy groups -OCH3 is 1. The van der Waals surface area contributed by atoms with Crippen LogP contribution >= 0.6 is 0 Å². The first-order valence-corrected chi connectivity index (χ1v) is 6.55. The SMILES string of the molecule is COCCOCCCCNCc1ncncc1C(=O)O. The Labute approximate surface area is 118 Å². The predicted molar refractivity (Wildman–Crippen MR) is 72.6 cm³/mol. The zero-order valence-corrected chi connectivity index (χ0v) is 11.7. The first kappa shape index (κ1) is 16.5. The summed E-state index contributed by atoms with van der Waals surface area (Å²) in [7, 11) is 1.64. The van der Waals surface area contributed by atoms with Crippen LogP contribution in [0, 0.1) is 0 Å². The second-order valence-corrected chi connectivity index (χ2v) is 4.18. The van der Waals surface area contributed by atoms with Crippen LogP contribution in [0.15, 0.2) is 12.5 Å². The van der Waals surface area contributed by atoms with Gasteiger partial charge in [0.1, 0.15) is 11.9 Å². The third kappa shape index (κ3) is 6.55. The van der Waals surface area contributed by atoms with Crippen molar-refractivity contribution < 1.29 is 19.4 Å². The summed E-state index contributed by atoms with van der Waals surface area (Å²) in [5.41, 5.74) is 0.645. The second kappa shape index (κ2) is 10.2. The lowest BCUT2D eigenvalue weighted by molar-refractivity contribution is 0.0688. The molecule has 0 aliphatic heterocycles. The number of aromatic nitrogens is 2. The fraction of sp³-hybridized carbons (Fsp3) is 0.615. The summed E-state index contributed by atoms with van der Waals surface area (Å²) in [5, 5.41) is 12.1. The van der Waals surface area contributed by atoms with Gasteiger partial charge < -0.3 is 19.9 Å². The quantitative estimate of drug-likeness (QED) is 0.577. The van der Waals surface area contributed by atoms with Crippen LogP contribution in [0.25, 0.3) is 0 Å². The zero-order valence-electron chi connectivity index (χ0n) is 11.7. The molecule has 0 spiro atoms. The molecule has 0 bridgehead atoms. The minimum atomic E-state index is -1.01. The molecular weight excluding hydrogens is 262 g/mol. The van der Waals surface area contributed by atoms with Crippen molar-refractivity contribution in [3.63, 3.8) is 0 Å². The van der Waals surface area contributed by atoms with Gasteiger partial charge >= 0.3 is 5.97 Å². The van der Waals surface area contributed by atoms with Crippen LogP contribution in [-0.4, -0.2) is 54.5 Å². The summed E-state index contributed by atoms with van der Waals surface area (Å²) >= 11 is 0. The minimum Gasteiger partial charge on any atom is -0.478 e. The van der Waals surface area contributed by atoms with E-state index in [0.717, 1.165) is 19.4 Å². The summed E-state index contributed by atoms with van der Waals surface area (Å²) in [6.45, 7) is 3.15. The van der Waals surface area contributed by atoms with Crippen molar-refractivity contribution in [2.75, 3.05) is 33.5 Å². The van der Waals surface area contributed by atoms with Crippen molar-refractivity contribution in [2.24, 2.45) is 0 Å². The van der Waals surface area contributed by atoms with Crippen LogP contribution < -0.4 is 5.32 Å². The van der Waals surface area contributed by atoms with Gasteiger partial charge in [-0.2, -0.15) is 0 Å². The van der Waals surface area contributed by atoms with Gasteiger partial charge in [-0.25, -0.2) is 14.8 Å². The number of carboxylic acids is 1. The highest BCUT2D eigenvalue weighted by atomic mass is 16.5. The lowest BCUT2D eigenvalue weighted by Crippen LogP contribution is -2.19. The van der Waals surface area contributed by atoms with E-state index in [1.165, 1.54) is 12.5 Å². The molecule has 20 heavy (non-hydrogen) atoms. The molecule has 0 radical (unpaired) electrons. The van der Waals surface area contributed by atoms with Crippen LogP contribution in [0.2, 0.25) is 0 Å². The van der Waals surface area contributed by atoms with Crippen LogP contribution in [0.4, 0.5) is 0 Å². The smallest absolute Gasteiger partial charge is 0.339 e. The summed E-state index contributed by atoms with van der Waals surface area (Å²) in [5.74, 6) is -1.01. The van der Waals surface area contributed by atoms with Crippen molar-refractivity contribution in [3.05, 3.63) is 23.8 Å². The first-order chi connectivity index (χ1) is 9.75. The van der Waals surface area contributed by atoms with E-state index in [1.54, 1.807) is 7.11 Å². The highest BCUT2D eigenvalue weighted by molar-refractivity contribution is 5.88. The van der Waals surface area contributed by atoms with Crippen LogP contribution in [-0.2, 0) is 16.0 Å². The van der Waals surface area contributed by atoms with Crippen LogP contribution in [0.5, 0.6) is 0 Å². The Morgan fingerprint density at radius 1 is 1.35 bits per heavy atom. The van der Waals surface area contributed by atoms with Gasteiger partial charge in [0.05, 0.1) is 18.9 Å². The number of nitrogens with zero attached hydrogens (tertiary/aromatic N) is 2. The maximum Gasteiger partial charge on any atom is 0.339 e. The third-order valence-corrected chi connectivity index (χ3v) is 2.64. The predicted octanol–water partition coefficient (Wildman–Crippen LogP) is 0.708. The molecule has 0 aliphatic rings. The Balaban J connectivity index is 2.11. The Morgan fingerprint density at radius 3 is 2.95 bits per heavy atom. The fourth-order valence-electron chi connectivity index (χ4n) is 1.58. The van der Waals surface area contributed by atoms with Gasteiger partial charge in [-0.1, -0.05) is 0 Å². The fourth-order valence-corrected chi connectivity index (χ4v) is 1.58. The molecule has 0 saturated carbocycles. The van der Waals surface area contributed by atoms with E-state index in [4.69, 9.17) is 14.6 Å². The van der Waals surface area contributed by atoms with E-state index in [2.05, 4.69) is 15.3 Å². The third-order valence-electron chi connectivity index (χ3n) is 2.64. The number of unbranched alkanes of at least 4 members (excludes halogenated alkanes) is 1. The number of carboxylic acid groups (broad SMARTS) is 1. The molecule has 1 rings (SSSR count). The molecule has 0 aromatic carbocycles. The van der Waals surface area contributed by atoms with Gasteiger partial charge in [0, 0.05) is 26.5 Å². The Kier molecular flexibility index (Phi) is 8.44. The molecule has 2 N–H and O–H groups in total. The van der Waals surface area contributed by atoms with Gasteiger partial charge in [-0.3, -0.25) is 0 Å². The highest BCUT2D eigenvalue weighted by Gasteiger charge is 2.10.